The minimum absolute atomic E-state index is 0.464. The van der Waals surface area contributed by atoms with Crippen molar-refractivity contribution in [2.45, 2.75) is 13.1 Å². The van der Waals surface area contributed by atoms with Gasteiger partial charge in [-0.2, -0.15) is 13.2 Å². The zero-order valence-corrected chi connectivity index (χ0v) is 11.8. The maximum absolute atomic E-state index is 12.7. The molecule has 112 valence electrons. The van der Waals surface area contributed by atoms with Crippen LogP contribution in [0.3, 0.4) is 0 Å². The van der Waals surface area contributed by atoms with Gasteiger partial charge in [0, 0.05) is 16.6 Å². The zero-order valence-electron chi connectivity index (χ0n) is 11.8. The first-order valence-corrected chi connectivity index (χ1v) is 6.69. The predicted octanol–water partition coefficient (Wildman–Crippen LogP) is 4.81. The SMILES string of the molecule is Cc1cc(-c2ccc3cc(C(F)(F)F)ccc3n2)ccc1N. The lowest BCUT2D eigenvalue weighted by atomic mass is 10.0. The molecule has 3 aromatic rings. The monoisotopic (exact) mass is 302 g/mol. The lowest BCUT2D eigenvalue weighted by molar-refractivity contribution is -0.137. The number of hydrogen-bond acceptors (Lipinski definition) is 2. The van der Waals surface area contributed by atoms with Crippen molar-refractivity contribution in [3.8, 4) is 11.3 Å². The fourth-order valence-electron chi connectivity index (χ4n) is 2.30. The van der Waals surface area contributed by atoms with Crippen LogP contribution in [-0.2, 0) is 6.18 Å². The van der Waals surface area contributed by atoms with E-state index >= 15 is 0 Å². The highest BCUT2D eigenvalue weighted by molar-refractivity contribution is 5.82. The maximum Gasteiger partial charge on any atom is 0.416 e. The summed E-state index contributed by atoms with van der Waals surface area (Å²) >= 11 is 0. The van der Waals surface area contributed by atoms with E-state index in [9.17, 15) is 13.2 Å². The Kier molecular flexibility index (Phi) is 3.28. The summed E-state index contributed by atoms with van der Waals surface area (Å²) in [6, 6.07) is 12.5. The quantitative estimate of drug-likeness (QED) is 0.655. The van der Waals surface area contributed by atoms with Gasteiger partial charge in [0.15, 0.2) is 0 Å². The average molecular weight is 302 g/mol. The molecular formula is C17H13F3N2. The maximum atomic E-state index is 12.7. The third-order valence-corrected chi connectivity index (χ3v) is 3.58. The van der Waals surface area contributed by atoms with Gasteiger partial charge in [0.05, 0.1) is 16.8 Å². The molecule has 1 heterocycles. The van der Waals surface area contributed by atoms with E-state index in [2.05, 4.69) is 4.98 Å². The van der Waals surface area contributed by atoms with Crippen LogP contribution in [0.25, 0.3) is 22.2 Å². The number of anilines is 1. The number of hydrogen-bond donors (Lipinski definition) is 1. The summed E-state index contributed by atoms with van der Waals surface area (Å²) in [7, 11) is 0. The van der Waals surface area contributed by atoms with Crippen LogP contribution in [0.4, 0.5) is 18.9 Å². The van der Waals surface area contributed by atoms with Gasteiger partial charge < -0.3 is 5.73 Å². The standard InChI is InChI=1S/C17H13F3N2/c1-10-8-11(2-5-14(10)21)15-6-3-12-9-13(17(18,19)20)4-7-16(12)22-15/h2-9H,21H2,1H3. The first-order chi connectivity index (χ1) is 10.3. The van der Waals surface area contributed by atoms with Crippen molar-refractivity contribution in [3.63, 3.8) is 0 Å². The number of benzene rings is 2. The summed E-state index contributed by atoms with van der Waals surface area (Å²) < 4.78 is 38.1. The second-order valence-corrected chi connectivity index (χ2v) is 5.17. The molecule has 0 aliphatic rings. The van der Waals surface area contributed by atoms with Gasteiger partial charge in [-0.15, -0.1) is 0 Å². The third-order valence-electron chi connectivity index (χ3n) is 3.58. The van der Waals surface area contributed by atoms with Crippen molar-refractivity contribution in [2.75, 3.05) is 5.73 Å². The molecule has 2 nitrogen and oxygen atoms in total. The molecule has 22 heavy (non-hydrogen) atoms. The van der Waals surface area contributed by atoms with E-state index in [1.807, 2.05) is 19.1 Å². The summed E-state index contributed by atoms with van der Waals surface area (Å²) in [5.74, 6) is 0. The molecule has 0 atom stereocenters. The lowest BCUT2D eigenvalue weighted by Gasteiger charge is -2.09. The molecule has 0 aliphatic heterocycles. The van der Waals surface area contributed by atoms with Crippen LogP contribution in [0, 0.1) is 6.92 Å². The van der Waals surface area contributed by atoms with E-state index < -0.39 is 11.7 Å². The normalized spacial score (nSPS) is 11.8. The Bertz CT molecular complexity index is 854. The molecule has 0 unspecified atom stereocenters. The Labute approximate surface area is 125 Å². The van der Waals surface area contributed by atoms with Gasteiger partial charge in [-0.05, 0) is 48.9 Å². The van der Waals surface area contributed by atoms with Gasteiger partial charge in [0.1, 0.15) is 0 Å². The second-order valence-electron chi connectivity index (χ2n) is 5.17. The first kappa shape index (κ1) is 14.4. The predicted molar refractivity (Wildman–Crippen MR) is 81.3 cm³/mol. The number of pyridine rings is 1. The van der Waals surface area contributed by atoms with Crippen molar-refractivity contribution in [1.82, 2.24) is 4.98 Å². The highest BCUT2D eigenvalue weighted by Gasteiger charge is 2.30. The Morgan fingerprint density at radius 1 is 0.955 bits per heavy atom. The topological polar surface area (TPSA) is 38.9 Å². The highest BCUT2D eigenvalue weighted by Crippen LogP contribution is 2.32. The van der Waals surface area contributed by atoms with Gasteiger partial charge in [0.25, 0.3) is 0 Å². The lowest BCUT2D eigenvalue weighted by Crippen LogP contribution is -2.04. The Hall–Kier alpha value is -2.56. The van der Waals surface area contributed by atoms with Crippen molar-refractivity contribution >= 4 is 16.6 Å². The van der Waals surface area contributed by atoms with Crippen LogP contribution in [0.2, 0.25) is 0 Å². The first-order valence-electron chi connectivity index (χ1n) is 6.69. The van der Waals surface area contributed by atoms with Crippen molar-refractivity contribution in [1.29, 1.82) is 0 Å². The Morgan fingerprint density at radius 3 is 2.41 bits per heavy atom. The number of aromatic nitrogens is 1. The molecule has 0 bridgehead atoms. The van der Waals surface area contributed by atoms with Gasteiger partial charge in [-0.1, -0.05) is 12.1 Å². The van der Waals surface area contributed by atoms with Crippen LogP contribution in [0.1, 0.15) is 11.1 Å². The molecular weight excluding hydrogens is 289 g/mol. The Morgan fingerprint density at radius 2 is 1.73 bits per heavy atom. The van der Waals surface area contributed by atoms with Gasteiger partial charge in [-0.3, -0.25) is 0 Å². The number of rotatable bonds is 1. The molecule has 0 aliphatic carbocycles. The van der Waals surface area contributed by atoms with Crippen molar-refractivity contribution in [3.05, 3.63) is 59.7 Å². The highest BCUT2D eigenvalue weighted by atomic mass is 19.4. The van der Waals surface area contributed by atoms with Crippen LogP contribution in [-0.4, -0.2) is 4.98 Å². The van der Waals surface area contributed by atoms with Crippen LogP contribution < -0.4 is 5.73 Å². The number of nitrogens with zero attached hydrogens (tertiary/aromatic N) is 1. The number of aryl methyl sites for hydroxylation is 1. The third kappa shape index (κ3) is 2.62. The molecule has 0 amide bonds. The summed E-state index contributed by atoms with van der Waals surface area (Å²) in [5.41, 5.74) is 8.86. The number of alkyl halides is 3. The van der Waals surface area contributed by atoms with Crippen LogP contribution >= 0.6 is 0 Å². The molecule has 0 saturated heterocycles. The van der Waals surface area contributed by atoms with E-state index in [-0.39, 0.29) is 0 Å². The van der Waals surface area contributed by atoms with Gasteiger partial charge >= 0.3 is 6.18 Å². The van der Waals surface area contributed by atoms with Gasteiger partial charge in [-0.25, -0.2) is 4.98 Å². The molecule has 2 N–H and O–H groups in total. The zero-order chi connectivity index (χ0) is 15.9. The molecule has 3 rings (SSSR count). The minimum atomic E-state index is -4.35. The van der Waals surface area contributed by atoms with Crippen molar-refractivity contribution in [2.24, 2.45) is 0 Å². The summed E-state index contributed by atoms with van der Waals surface area (Å²) in [6.07, 6.45) is -4.35. The second kappa shape index (κ2) is 5.02. The average Bonchev–Trinajstić information content (AvgIpc) is 2.48. The molecule has 0 spiro atoms. The van der Waals surface area contributed by atoms with Crippen LogP contribution in [0.5, 0.6) is 0 Å². The molecule has 2 aromatic carbocycles. The van der Waals surface area contributed by atoms with E-state index in [0.717, 1.165) is 23.3 Å². The fourth-order valence-corrected chi connectivity index (χ4v) is 2.30. The van der Waals surface area contributed by atoms with E-state index in [1.54, 1.807) is 18.2 Å². The minimum Gasteiger partial charge on any atom is -0.399 e. The van der Waals surface area contributed by atoms with Crippen molar-refractivity contribution < 1.29 is 13.2 Å². The largest absolute Gasteiger partial charge is 0.416 e. The smallest absolute Gasteiger partial charge is 0.399 e. The van der Waals surface area contributed by atoms with Crippen LogP contribution in [0.15, 0.2) is 48.5 Å². The number of fused-ring (bicyclic) bond motifs is 1. The fraction of sp³-hybridized carbons (Fsp3) is 0.118. The number of halogens is 3. The molecule has 0 fully saturated rings. The van der Waals surface area contributed by atoms with Gasteiger partial charge in [0.2, 0.25) is 0 Å². The van der Waals surface area contributed by atoms with E-state index in [0.29, 0.717) is 22.3 Å². The van der Waals surface area contributed by atoms with E-state index in [1.165, 1.54) is 6.07 Å². The molecule has 5 heteroatoms. The Balaban J connectivity index is 2.08. The molecule has 0 radical (unpaired) electrons. The number of nitrogens with two attached hydrogens (primary N) is 1. The summed E-state index contributed by atoms with van der Waals surface area (Å²) in [4.78, 5) is 4.43. The number of nitrogen functional groups attached to an aromatic ring is 1. The summed E-state index contributed by atoms with van der Waals surface area (Å²) in [5, 5.41) is 0.464. The molecule has 0 saturated carbocycles. The summed E-state index contributed by atoms with van der Waals surface area (Å²) in [6.45, 7) is 1.90. The molecule has 1 aromatic heterocycles. The van der Waals surface area contributed by atoms with E-state index in [4.69, 9.17) is 5.73 Å².